The van der Waals surface area contributed by atoms with Crippen molar-refractivity contribution < 1.29 is 14.6 Å². The standard InChI is InChI=1S/C8H16O3/c1-6-4-8(2,10-3)5-7(9)11-6/h6-7,9H,4-5H2,1-3H3. The molecule has 66 valence electrons. The van der Waals surface area contributed by atoms with E-state index in [0.717, 1.165) is 6.42 Å². The highest BCUT2D eigenvalue weighted by Crippen LogP contribution is 2.29. The van der Waals surface area contributed by atoms with Crippen LogP contribution in [0, 0.1) is 0 Å². The number of ether oxygens (including phenoxy) is 2. The number of aliphatic hydroxyl groups excluding tert-OH is 1. The summed E-state index contributed by atoms with van der Waals surface area (Å²) in [4.78, 5) is 0. The van der Waals surface area contributed by atoms with Gasteiger partial charge in [0.2, 0.25) is 0 Å². The Balaban J connectivity index is 2.55. The van der Waals surface area contributed by atoms with Crippen LogP contribution in [0.5, 0.6) is 0 Å². The first kappa shape index (κ1) is 8.97. The Morgan fingerprint density at radius 2 is 2.18 bits per heavy atom. The molecule has 1 aliphatic heterocycles. The minimum absolute atomic E-state index is 0.0868. The van der Waals surface area contributed by atoms with Crippen LogP contribution in [-0.2, 0) is 9.47 Å². The van der Waals surface area contributed by atoms with Crippen LogP contribution in [0.3, 0.4) is 0 Å². The van der Waals surface area contributed by atoms with E-state index < -0.39 is 6.29 Å². The Kier molecular flexibility index (Phi) is 2.52. The smallest absolute Gasteiger partial charge is 0.157 e. The van der Waals surface area contributed by atoms with E-state index in [9.17, 15) is 5.11 Å². The van der Waals surface area contributed by atoms with Crippen LogP contribution in [0.4, 0.5) is 0 Å². The van der Waals surface area contributed by atoms with Crippen LogP contribution in [0.2, 0.25) is 0 Å². The Morgan fingerprint density at radius 3 is 2.64 bits per heavy atom. The lowest BCUT2D eigenvalue weighted by molar-refractivity contribution is -0.215. The van der Waals surface area contributed by atoms with Crippen molar-refractivity contribution in [3.05, 3.63) is 0 Å². The number of methoxy groups -OCH3 is 1. The highest BCUT2D eigenvalue weighted by Gasteiger charge is 2.35. The first-order chi connectivity index (χ1) is 5.06. The predicted molar refractivity (Wildman–Crippen MR) is 41.2 cm³/mol. The monoisotopic (exact) mass is 160 g/mol. The van der Waals surface area contributed by atoms with Crippen molar-refractivity contribution in [3.8, 4) is 0 Å². The van der Waals surface area contributed by atoms with E-state index in [1.54, 1.807) is 7.11 Å². The quantitative estimate of drug-likeness (QED) is 0.619. The molecule has 1 heterocycles. The molecule has 0 saturated carbocycles. The van der Waals surface area contributed by atoms with Gasteiger partial charge in [-0.05, 0) is 13.8 Å². The van der Waals surface area contributed by atoms with Gasteiger partial charge in [-0.1, -0.05) is 0 Å². The lowest BCUT2D eigenvalue weighted by atomic mass is 9.92. The summed E-state index contributed by atoms with van der Waals surface area (Å²) in [6, 6.07) is 0. The number of rotatable bonds is 1. The molecule has 3 atom stereocenters. The molecule has 3 heteroatoms. The third-order valence-corrected chi connectivity index (χ3v) is 2.21. The Morgan fingerprint density at radius 1 is 1.55 bits per heavy atom. The second-order valence-corrected chi connectivity index (χ2v) is 3.46. The average Bonchev–Trinajstić information content (AvgIpc) is 1.84. The molecular formula is C8H16O3. The van der Waals surface area contributed by atoms with E-state index in [1.807, 2.05) is 13.8 Å². The van der Waals surface area contributed by atoms with Crippen LogP contribution < -0.4 is 0 Å². The summed E-state index contributed by atoms with van der Waals surface area (Å²) in [5, 5.41) is 9.24. The lowest BCUT2D eigenvalue weighted by Gasteiger charge is -2.38. The molecule has 0 aromatic heterocycles. The molecule has 0 aliphatic carbocycles. The van der Waals surface area contributed by atoms with E-state index in [4.69, 9.17) is 9.47 Å². The molecule has 0 amide bonds. The maximum absolute atomic E-state index is 9.24. The summed E-state index contributed by atoms with van der Waals surface area (Å²) >= 11 is 0. The molecule has 1 aliphatic rings. The number of hydrogen-bond donors (Lipinski definition) is 1. The topological polar surface area (TPSA) is 38.7 Å². The van der Waals surface area contributed by atoms with Gasteiger partial charge in [0.05, 0.1) is 11.7 Å². The van der Waals surface area contributed by atoms with Crippen molar-refractivity contribution in [1.29, 1.82) is 0 Å². The Bertz CT molecular complexity index is 125. The second-order valence-electron chi connectivity index (χ2n) is 3.46. The van der Waals surface area contributed by atoms with Crippen LogP contribution in [0.25, 0.3) is 0 Å². The summed E-state index contributed by atoms with van der Waals surface area (Å²) in [5.41, 5.74) is -0.211. The summed E-state index contributed by atoms with van der Waals surface area (Å²) in [5.74, 6) is 0. The average molecular weight is 160 g/mol. The minimum atomic E-state index is -0.663. The molecule has 3 unspecified atom stereocenters. The molecule has 0 spiro atoms. The normalized spacial score (nSPS) is 45.8. The number of aliphatic hydroxyl groups is 1. The Labute approximate surface area is 67.3 Å². The summed E-state index contributed by atoms with van der Waals surface area (Å²) in [6.07, 6.45) is 0.835. The van der Waals surface area contributed by atoms with Crippen LogP contribution in [0.15, 0.2) is 0 Å². The fraction of sp³-hybridized carbons (Fsp3) is 1.00. The van der Waals surface area contributed by atoms with Crippen LogP contribution in [0.1, 0.15) is 26.7 Å². The molecule has 1 rings (SSSR count). The van der Waals surface area contributed by atoms with Gasteiger partial charge in [0, 0.05) is 20.0 Å². The summed E-state index contributed by atoms with van der Waals surface area (Å²) < 4.78 is 10.4. The first-order valence-corrected chi connectivity index (χ1v) is 3.94. The molecule has 0 aromatic rings. The molecule has 1 fully saturated rings. The van der Waals surface area contributed by atoms with Gasteiger partial charge in [-0.2, -0.15) is 0 Å². The van der Waals surface area contributed by atoms with E-state index >= 15 is 0 Å². The highest BCUT2D eigenvalue weighted by molar-refractivity contribution is 4.82. The molecule has 0 bridgehead atoms. The maximum Gasteiger partial charge on any atom is 0.157 e. The second kappa shape index (κ2) is 3.09. The van der Waals surface area contributed by atoms with Crippen molar-refractivity contribution >= 4 is 0 Å². The molecule has 1 saturated heterocycles. The summed E-state index contributed by atoms with van der Waals surface area (Å²) in [7, 11) is 1.67. The fourth-order valence-electron chi connectivity index (χ4n) is 1.59. The minimum Gasteiger partial charge on any atom is -0.378 e. The van der Waals surface area contributed by atoms with Gasteiger partial charge >= 0.3 is 0 Å². The van der Waals surface area contributed by atoms with E-state index in [-0.39, 0.29) is 11.7 Å². The largest absolute Gasteiger partial charge is 0.378 e. The van der Waals surface area contributed by atoms with Crippen LogP contribution in [-0.4, -0.2) is 30.2 Å². The van der Waals surface area contributed by atoms with E-state index in [1.165, 1.54) is 0 Å². The Hall–Kier alpha value is -0.120. The summed E-state index contributed by atoms with van der Waals surface area (Å²) in [6.45, 7) is 3.94. The number of hydrogen-bond acceptors (Lipinski definition) is 3. The van der Waals surface area contributed by atoms with Crippen LogP contribution >= 0.6 is 0 Å². The van der Waals surface area contributed by atoms with Gasteiger partial charge in [-0.15, -0.1) is 0 Å². The van der Waals surface area contributed by atoms with Gasteiger partial charge in [0.15, 0.2) is 6.29 Å². The molecule has 1 N–H and O–H groups in total. The van der Waals surface area contributed by atoms with Crippen molar-refractivity contribution in [2.45, 2.75) is 44.7 Å². The molecular weight excluding hydrogens is 144 g/mol. The van der Waals surface area contributed by atoms with Gasteiger partial charge in [-0.3, -0.25) is 0 Å². The third kappa shape index (κ3) is 2.15. The van der Waals surface area contributed by atoms with E-state index in [0.29, 0.717) is 6.42 Å². The zero-order valence-corrected chi connectivity index (χ0v) is 7.33. The maximum atomic E-state index is 9.24. The molecule has 11 heavy (non-hydrogen) atoms. The SMILES string of the molecule is COC1(C)CC(C)OC(O)C1. The molecule has 0 radical (unpaired) electrons. The molecule has 0 aromatic carbocycles. The lowest BCUT2D eigenvalue weighted by Crippen LogP contribution is -2.43. The van der Waals surface area contributed by atoms with Crippen molar-refractivity contribution in [2.75, 3.05) is 7.11 Å². The van der Waals surface area contributed by atoms with Gasteiger partial charge in [0.1, 0.15) is 0 Å². The van der Waals surface area contributed by atoms with Gasteiger partial charge in [0.25, 0.3) is 0 Å². The first-order valence-electron chi connectivity index (χ1n) is 3.94. The van der Waals surface area contributed by atoms with E-state index in [2.05, 4.69) is 0 Å². The van der Waals surface area contributed by atoms with Crippen molar-refractivity contribution in [1.82, 2.24) is 0 Å². The zero-order chi connectivity index (χ0) is 8.48. The molecule has 3 nitrogen and oxygen atoms in total. The highest BCUT2D eigenvalue weighted by atomic mass is 16.6. The van der Waals surface area contributed by atoms with Gasteiger partial charge < -0.3 is 14.6 Å². The zero-order valence-electron chi connectivity index (χ0n) is 7.33. The van der Waals surface area contributed by atoms with Crippen molar-refractivity contribution in [2.24, 2.45) is 0 Å². The predicted octanol–water partition coefficient (Wildman–Crippen LogP) is 0.909. The van der Waals surface area contributed by atoms with Gasteiger partial charge in [-0.25, -0.2) is 0 Å². The fourth-order valence-corrected chi connectivity index (χ4v) is 1.59. The van der Waals surface area contributed by atoms with Crippen molar-refractivity contribution in [3.63, 3.8) is 0 Å². The third-order valence-electron chi connectivity index (χ3n) is 2.21.